The highest BCUT2D eigenvalue weighted by atomic mass is 32.2. The van der Waals surface area contributed by atoms with Crippen molar-refractivity contribution in [3.05, 3.63) is 60.2 Å². The van der Waals surface area contributed by atoms with E-state index in [-0.39, 0.29) is 18.9 Å². The number of carbonyl (C=O) groups excluding carboxylic acids is 1. The minimum absolute atomic E-state index is 0.265. The van der Waals surface area contributed by atoms with Crippen LogP contribution in [0.5, 0.6) is 0 Å². The second kappa shape index (κ2) is 30.9. The number of hydrogen-bond acceptors (Lipinski definition) is 10. The number of amides is 1. The Morgan fingerprint density at radius 3 is 1.81 bits per heavy atom. The summed E-state index contributed by atoms with van der Waals surface area (Å²) in [6.07, 6.45) is 14.7. The molecule has 0 unspecified atom stereocenters. The first kappa shape index (κ1) is 50.3. The van der Waals surface area contributed by atoms with Gasteiger partial charge in [0.1, 0.15) is 30.5 Å². The van der Waals surface area contributed by atoms with Crippen LogP contribution in [-0.2, 0) is 20.7 Å². The first-order chi connectivity index (χ1) is 28.2. The van der Waals surface area contributed by atoms with Crippen LogP contribution in [-0.4, -0.2) is 98.7 Å². The van der Waals surface area contributed by atoms with Crippen molar-refractivity contribution in [3.63, 3.8) is 0 Å². The number of rotatable bonds is 33. The lowest BCUT2D eigenvalue weighted by Gasteiger charge is -2.40. The third-order valence-corrected chi connectivity index (χ3v) is 12.3. The molecule has 0 aromatic heterocycles. The summed E-state index contributed by atoms with van der Waals surface area (Å²) >= 11 is 1.78. The van der Waals surface area contributed by atoms with Crippen LogP contribution in [0.3, 0.4) is 0 Å². The molecule has 1 fully saturated rings. The molecule has 0 aliphatic carbocycles. The fraction of sp³-hybridized carbons (Fsp3) is 0.723. The summed E-state index contributed by atoms with van der Waals surface area (Å²) < 4.78 is 11.2. The van der Waals surface area contributed by atoms with Gasteiger partial charge in [0.05, 0.1) is 25.4 Å². The summed E-state index contributed by atoms with van der Waals surface area (Å²) in [6, 6.07) is 18.3. The van der Waals surface area contributed by atoms with Crippen LogP contribution in [0.25, 0.3) is 0 Å². The number of benzene rings is 2. The van der Waals surface area contributed by atoms with Gasteiger partial charge < -0.3 is 45.4 Å². The fourth-order valence-electron chi connectivity index (χ4n) is 7.57. The molecule has 1 saturated heterocycles. The molecule has 0 spiro atoms. The molecule has 330 valence electrons. The van der Waals surface area contributed by atoms with Crippen molar-refractivity contribution < 1.29 is 44.9 Å². The van der Waals surface area contributed by atoms with E-state index in [0.717, 1.165) is 51.4 Å². The van der Waals surface area contributed by atoms with Crippen LogP contribution in [0.15, 0.2) is 64.4 Å². The van der Waals surface area contributed by atoms with Gasteiger partial charge in [-0.2, -0.15) is 0 Å². The lowest BCUT2D eigenvalue weighted by Crippen LogP contribution is -2.60. The van der Waals surface area contributed by atoms with Gasteiger partial charge >= 0.3 is 0 Å². The summed E-state index contributed by atoms with van der Waals surface area (Å²) in [4.78, 5) is 15.5. The summed E-state index contributed by atoms with van der Waals surface area (Å²) in [6.45, 7) is 1.32. The molecular weight excluding hydrogens is 755 g/mol. The minimum atomic E-state index is -1.61. The number of ether oxygens (including phenoxy) is 2. The number of aliphatic hydroxyl groups is 6. The zero-order chi connectivity index (χ0) is 41.8. The Morgan fingerprint density at radius 2 is 1.22 bits per heavy atom. The first-order valence-corrected chi connectivity index (χ1v) is 23.4. The summed E-state index contributed by atoms with van der Waals surface area (Å²) in [5, 5.41) is 65.2. The van der Waals surface area contributed by atoms with Crippen LogP contribution in [0.1, 0.15) is 154 Å². The van der Waals surface area contributed by atoms with E-state index in [9.17, 15) is 35.4 Å². The van der Waals surface area contributed by atoms with E-state index < -0.39 is 55.6 Å². The van der Waals surface area contributed by atoms with E-state index in [4.69, 9.17) is 9.47 Å². The average molecular weight is 832 g/mol. The molecule has 1 amide bonds. The van der Waals surface area contributed by atoms with Crippen molar-refractivity contribution in [1.29, 1.82) is 0 Å². The van der Waals surface area contributed by atoms with E-state index >= 15 is 0 Å². The molecule has 2 aromatic rings. The summed E-state index contributed by atoms with van der Waals surface area (Å²) in [7, 11) is 0. The Morgan fingerprint density at radius 1 is 0.690 bits per heavy atom. The van der Waals surface area contributed by atoms with E-state index in [1.165, 1.54) is 92.4 Å². The van der Waals surface area contributed by atoms with E-state index in [0.29, 0.717) is 12.8 Å². The molecule has 1 heterocycles. The Hall–Kier alpha value is -2.06. The zero-order valence-corrected chi connectivity index (χ0v) is 36.1. The standard InChI is InChI=1S/C47H77NO9S/c1-2-3-4-5-6-7-8-9-10-14-17-23-28-40(50)43(52)39(35-56-47-46(55)45(54)44(53)41(34-49)57-47)48-42(51)29-24-18-15-12-11-13-16-20-25-36-30-32-38(33-31-36)58-37-26-21-19-22-27-37/h19,21-22,26-27,30-33,39-41,43-47,49-50,52-55H,2-18,20,23-25,28-29,34-35H2,1H3,(H,48,51)/t39-,40+,41+,43-,44-,45-,46+,47-/m0/s1. The molecule has 10 nitrogen and oxygen atoms in total. The first-order valence-electron chi connectivity index (χ1n) is 22.6. The normalized spacial score (nSPS) is 21.1. The van der Waals surface area contributed by atoms with Crippen molar-refractivity contribution in [2.45, 2.75) is 213 Å². The SMILES string of the molecule is CCCCCCCCCCCCCC[C@@H](O)[C@@H](O)[C@H](CO[C@H]1O[C@H](CO)[C@H](O)[C@H](O)[C@H]1O)NC(=O)CCCCCCCCCCc1ccc(Sc2ccccc2)cc1. The predicted octanol–water partition coefficient (Wildman–Crippen LogP) is 8.01. The molecule has 58 heavy (non-hydrogen) atoms. The maximum Gasteiger partial charge on any atom is 0.220 e. The lowest BCUT2D eigenvalue weighted by molar-refractivity contribution is -0.303. The second-order valence-corrected chi connectivity index (χ2v) is 17.5. The van der Waals surface area contributed by atoms with Crippen molar-refractivity contribution in [2.75, 3.05) is 13.2 Å². The van der Waals surface area contributed by atoms with Crippen molar-refractivity contribution in [3.8, 4) is 0 Å². The third-order valence-electron chi connectivity index (χ3n) is 11.3. The fourth-order valence-corrected chi connectivity index (χ4v) is 8.40. The maximum atomic E-state index is 13.0. The zero-order valence-electron chi connectivity index (χ0n) is 35.3. The molecular formula is C47H77NO9S. The highest BCUT2D eigenvalue weighted by Crippen LogP contribution is 2.28. The third kappa shape index (κ3) is 20.5. The van der Waals surface area contributed by atoms with E-state index in [1.807, 2.05) is 6.07 Å². The van der Waals surface area contributed by atoms with Gasteiger partial charge in [-0.1, -0.05) is 165 Å². The summed E-state index contributed by atoms with van der Waals surface area (Å²) in [5.41, 5.74) is 1.37. The minimum Gasteiger partial charge on any atom is -0.394 e. The molecule has 8 atom stereocenters. The molecule has 0 radical (unpaired) electrons. The van der Waals surface area contributed by atoms with Gasteiger partial charge in [0.25, 0.3) is 0 Å². The van der Waals surface area contributed by atoms with Crippen LogP contribution in [0, 0.1) is 0 Å². The highest BCUT2D eigenvalue weighted by molar-refractivity contribution is 7.99. The van der Waals surface area contributed by atoms with Gasteiger partial charge in [-0.3, -0.25) is 4.79 Å². The Bertz CT molecular complexity index is 1300. The quantitative estimate of drug-likeness (QED) is 0.0350. The van der Waals surface area contributed by atoms with Gasteiger partial charge in [-0.15, -0.1) is 0 Å². The van der Waals surface area contributed by atoms with Crippen molar-refractivity contribution in [2.24, 2.45) is 0 Å². The number of aryl methyl sites for hydroxylation is 1. The van der Waals surface area contributed by atoms with Gasteiger partial charge in [-0.05, 0) is 55.5 Å². The van der Waals surface area contributed by atoms with Gasteiger partial charge in [0, 0.05) is 16.2 Å². The van der Waals surface area contributed by atoms with Gasteiger partial charge in [0.2, 0.25) is 5.91 Å². The average Bonchev–Trinajstić information content (AvgIpc) is 3.23. The van der Waals surface area contributed by atoms with Gasteiger partial charge in [-0.25, -0.2) is 0 Å². The molecule has 2 aromatic carbocycles. The lowest BCUT2D eigenvalue weighted by atomic mass is 9.98. The molecule has 3 rings (SSSR count). The van der Waals surface area contributed by atoms with E-state index in [1.54, 1.807) is 11.8 Å². The summed E-state index contributed by atoms with van der Waals surface area (Å²) in [5.74, 6) is -0.272. The molecule has 0 saturated carbocycles. The van der Waals surface area contributed by atoms with Crippen LogP contribution in [0.4, 0.5) is 0 Å². The second-order valence-electron chi connectivity index (χ2n) is 16.3. The number of nitrogens with one attached hydrogen (secondary N) is 1. The topological polar surface area (TPSA) is 169 Å². The monoisotopic (exact) mass is 832 g/mol. The van der Waals surface area contributed by atoms with Crippen LogP contribution >= 0.6 is 11.8 Å². The molecule has 11 heteroatoms. The van der Waals surface area contributed by atoms with Gasteiger partial charge in [0.15, 0.2) is 6.29 Å². The Balaban J connectivity index is 1.32. The predicted molar refractivity (Wildman–Crippen MR) is 232 cm³/mol. The van der Waals surface area contributed by atoms with Crippen LogP contribution in [0.2, 0.25) is 0 Å². The van der Waals surface area contributed by atoms with Crippen molar-refractivity contribution in [1.82, 2.24) is 5.32 Å². The molecule has 1 aliphatic heterocycles. The van der Waals surface area contributed by atoms with Crippen LogP contribution < -0.4 is 5.32 Å². The maximum absolute atomic E-state index is 13.0. The van der Waals surface area contributed by atoms with E-state index in [2.05, 4.69) is 60.8 Å². The molecule has 1 aliphatic rings. The smallest absolute Gasteiger partial charge is 0.220 e. The Labute approximate surface area is 353 Å². The molecule has 7 N–H and O–H groups in total. The number of carbonyl (C=O) groups is 1. The number of unbranched alkanes of at least 4 members (excludes halogenated alkanes) is 18. The largest absolute Gasteiger partial charge is 0.394 e. The molecule has 0 bridgehead atoms. The highest BCUT2D eigenvalue weighted by Gasteiger charge is 2.44. The number of aliphatic hydroxyl groups excluding tert-OH is 6. The number of hydrogen-bond donors (Lipinski definition) is 7. The van der Waals surface area contributed by atoms with Crippen molar-refractivity contribution >= 4 is 17.7 Å². The Kier molecular flexibility index (Phi) is 26.8.